The number of nitrogens with zero attached hydrogens (tertiary/aromatic N) is 3. The second-order valence-electron chi connectivity index (χ2n) is 5.03. The van der Waals surface area contributed by atoms with Crippen LogP contribution in [-0.4, -0.2) is 27.5 Å². The lowest BCUT2D eigenvalue weighted by atomic mass is 10.1. The lowest BCUT2D eigenvalue weighted by molar-refractivity contribution is 0.0523. The summed E-state index contributed by atoms with van der Waals surface area (Å²) in [6.45, 7) is 7.99. The van der Waals surface area contributed by atoms with Crippen LogP contribution >= 0.6 is 0 Å². The maximum absolute atomic E-state index is 12.0. The standard InChI is InChI=1S/C16H19N3O2/c1-5-21-16(20)12-9-17-15(19-14(12)10(2)3)13-8-6-7-11(4)18-13/h6-10H,5H2,1-4H3. The number of rotatable bonds is 4. The molecule has 0 aliphatic heterocycles. The minimum atomic E-state index is -0.384. The van der Waals surface area contributed by atoms with Crippen molar-refractivity contribution in [3.8, 4) is 11.5 Å². The molecule has 0 aliphatic rings. The van der Waals surface area contributed by atoms with Crippen LogP contribution in [0.25, 0.3) is 11.5 Å². The van der Waals surface area contributed by atoms with E-state index in [9.17, 15) is 4.79 Å². The van der Waals surface area contributed by atoms with E-state index in [1.807, 2.05) is 39.0 Å². The monoisotopic (exact) mass is 285 g/mol. The first kappa shape index (κ1) is 15.1. The van der Waals surface area contributed by atoms with E-state index in [4.69, 9.17) is 4.74 Å². The van der Waals surface area contributed by atoms with E-state index < -0.39 is 0 Å². The van der Waals surface area contributed by atoms with Gasteiger partial charge in [0.1, 0.15) is 5.69 Å². The summed E-state index contributed by atoms with van der Waals surface area (Å²) in [5, 5.41) is 0. The van der Waals surface area contributed by atoms with Gasteiger partial charge in [0.2, 0.25) is 0 Å². The number of esters is 1. The largest absolute Gasteiger partial charge is 0.462 e. The fraction of sp³-hybridized carbons (Fsp3) is 0.375. The van der Waals surface area contributed by atoms with Crippen molar-refractivity contribution in [2.75, 3.05) is 6.61 Å². The summed E-state index contributed by atoms with van der Waals surface area (Å²) in [6.07, 6.45) is 1.53. The van der Waals surface area contributed by atoms with Gasteiger partial charge in [-0.2, -0.15) is 0 Å². The Morgan fingerprint density at radius 3 is 2.67 bits per heavy atom. The van der Waals surface area contributed by atoms with Crippen LogP contribution in [0.2, 0.25) is 0 Å². The summed E-state index contributed by atoms with van der Waals surface area (Å²) in [5.74, 6) is 0.233. The average Bonchev–Trinajstić information content (AvgIpc) is 2.46. The highest BCUT2D eigenvalue weighted by molar-refractivity contribution is 5.90. The number of pyridine rings is 1. The molecule has 0 amide bonds. The molecule has 0 N–H and O–H groups in total. The Hall–Kier alpha value is -2.30. The second kappa shape index (κ2) is 6.43. The highest BCUT2D eigenvalue weighted by Gasteiger charge is 2.18. The maximum atomic E-state index is 12.0. The molecular formula is C16H19N3O2. The van der Waals surface area contributed by atoms with Gasteiger partial charge in [0.15, 0.2) is 5.82 Å². The third-order valence-electron chi connectivity index (χ3n) is 2.98. The minimum Gasteiger partial charge on any atom is -0.462 e. The fourth-order valence-corrected chi connectivity index (χ4v) is 1.99. The molecule has 0 aliphatic carbocycles. The molecule has 0 bridgehead atoms. The van der Waals surface area contributed by atoms with Crippen molar-refractivity contribution in [1.82, 2.24) is 15.0 Å². The van der Waals surface area contributed by atoms with Crippen molar-refractivity contribution in [2.24, 2.45) is 0 Å². The molecule has 0 radical (unpaired) electrons. The number of hydrogen-bond donors (Lipinski definition) is 0. The van der Waals surface area contributed by atoms with E-state index >= 15 is 0 Å². The van der Waals surface area contributed by atoms with Crippen LogP contribution in [0.5, 0.6) is 0 Å². The predicted molar refractivity (Wildman–Crippen MR) is 80.0 cm³/mol. The van der Waals surface area contributed by atoms with Crippen LogP contribution in [0.3, 0.4) is 0 Å². The van der Waals surface area contributed by atoms with Gasteiger partial charge < -0.3 is 4.74 Å². The zero-order valence-corrected chi connectivity index (χ0v) is 12.8. The topological polar surface area (TPSA) is 65.0 Å². The first-order chi connectivity index (χ1) is 10.0. The first-order valence-electron chi connectivity index (χ1n) is 7.01. The normalized spacial score (nSPS) is 10.7. The summed E-state index contributed by atoms with van der Waals surface area (Å²) < 4.78 is 5.05. The van der Waals surface area contributed by atoms with E-state index in [1.165, 1.54) is 6.20 Å². The highest BCUT2D eigenvalue weighted by atomic mass is 16.5. The van der Waals surface area contributed by atoms with Gasteiger partial charge in [0.05, 0.1) is 17.9 Å². The lowest BCUT2D eigenvalue weighted by Crippen LogP contribution is -2.12. The Balaban J connectivity index is 2.48. The van der Waals surface area contributed by atoms with Gasteiger partial charge in [-0.05, 0) is 31.9 Å². The molecule has 2 aromatic heterocycles. The smallest absolute Gasteiger partial charge is 0.341 e. The molecule has 0 saturated carbocycles. The van der Waals surface area contributed by atoms with Crippen LogP contribution in [0.1, 0.15) is 48.4 Å². The van der Waals surface area contributed by atoms with Crippen LogP contribution in [0.15, 0.2) is 24.4 Å². The third kappa shape index (κ3) is 3.42. The van der Waals surface area contributed by atoms with Crippen LogP contribution in [0.4, 0.5) is 0 Å². The van der Waals surface area contributed by atoms with Gasteiger partial charge in [-0.15, -0.1) is 0 Å². The van der Waals surface area contributed by atoms with Gasteiger partial charge in [0.25, 0.3) is 0 Å². The molecule has 5 nitrogen and oxygen atoms in total. The van der Waals surface area contributed by atoms with E-state index in [-0.39, 0.29) is 11.9 Å². The summed E-state index contributed by atoms with van der Waals surface area (Å²) >= 11 is 0. The number of carbonyl (C=O) groups is 1. The molecule has 0 unspecified atom stereocenters. The van der Waals surface area contributed by atoms with E-state index in [2.05, 4.69) is 15.0 Å². The SMILES string of the molecule is CCOC(=O)c1cnc(-c2cccc(C)n2)nc1C(C)C. The van der Waals surface area contributed by atoms with Gasteiger partial charge in [-0.25, -0.2) is 19.7 Å². The third-order valence-corrected chi connectivity index (χ3v) is 2.98. The molecule has 0 aromatic carbocycles. The van der Waals surface area contributed by atoms with Crippen molar-refractivity contribution in [1.29, 1.82) is 0 Å². The number of hydrogen-bond acceptors (Lipinski definition) is 5. The lowest BCUT2D eigenvalue weighted by Gasteiger charge is -2.12. The van der Waals surface area contributed by atoms with E-state index in [1.54, 1.807) is 6.92 Å². The van der Waals surface area contributed by atoms with Crippen molar-refractivity contribution in [2.45, 2.75) is 33.6 Å². The molecular weight excluding hydrogens is 266 g/mol. The Kier molecular flexibility index (Phi) is 4.62. The van der Waals surface area contributed by atoms with Gasteiger partial charge in [-0.1, -0.05) is 19.9 Å². The number of aryl methyl sites for hydroxylation is 1. The zero-order valence-electron chi connectivity index (χ0n) is 12.8. The molecule has 0 saturated heterocycles. The summed E-state index contributed by atoms with van der Waals surface area (Å²) in [6, 6.07) is 5.69. The van der Waals surface area contributed by atoms with Crippen LogP contribution in [-0.2, 0) is 4.74 Å². The molecule has 2 aromatic rings. The van der Waals surface area contributed by atoms with Gasteiger partial charge >= 0.3 is 5.97 Å². The summed E-state index contributed by atoms with van der Waals surface area (Å²) in [7, 11) is 0. The molecule has 5 heteroatoms. The summed E-state index contributed by atoms with van der Waals surface area (Å²) in [5.41, 5.74) is 2.70. The van der Waals surface area contributed by atoms with Crippen molar-refractivity contribution >= 4 is 5.97 Å². The molecule has 2 heterocycles. The molecule has 21 heavy (non-hydrogen) atoms. The molecule has 0 atom stereocenters. The first-order valence-corrected chi connectivity index (χ1v) is 7.01. The number of ether oxygens (including phenoxy) is 1. The Labute approximate surface area is 124 Å². The van der Waals surface area contributed by atoms with E-state index in [0.717, 1.165) is 5.69 Å². The van der Waals surface area contributed by atoms with Gasteiger partial charge in [-0.3, -0.25) is 0 Å². The zero-order chi connectivity index (χ0) is 15.4. The fourth-order valence-electron chi connectivity index (χ4n) is 1.99. The van der Waals surface area contributed by atoms with Crippen LogP contribution < -0.4 is 0 Å². The highest BCUT2D eigenvalue weighted by Crippen LogP contribution is 2.21. The second-order valence-corrected chi connectivity index (χ2v) is 5.03. The summed E-state index contributed by atoms with van der Waals surface area (Å²) in [4.78, 5) is 25.1. The Morgan fingerprint density at radius 1 is 1.29 bits per heavy atom. The van der Waals surface area contributed by atoms with Crippen molar-refractivity contribution in [3.63, 3.8) is 0 Å². The molecule has 0 spiro atoms. The van der Waals surface area contributed by atoms with Crippen LogP contribution in [0, 0.1) is 6.92 Å². The quantitative estimate of drug-likeness (QED) is 0.807. The van der Waals surface area contributed by atoms with Gasteiger partial charge in [0, 0.05) is 11.9 Å². The Bertz CT molecular complexity index is 654. The van der Waals surface area contributed by atoms with E-state index in [0.29, 0.717) is 29.4 Å². The minimum absolute atomic E-state index is 0.0935. The molecule has 0 fully saturated rings. The maximum Gasteiger partial charge on any atom is 0.341 e. The number of aromatic nitrogens is 3. The number of carbonyl (C=O) groups excluding carboxylic acids is 1. The molecule has 2 rings (SSSR count). The average molecular weight is 285 g/mol. The predicted octanol–water partition coefficient (Wildman–Crippen LogP) is 3.15. The van der Waals surface area contributed by atoms with Crippen molar-refractivity contribution in [3.05, 3.63) is 41.3 Å². The van der Waals surface area contributed by atoms with Crippen molar-refractivity contribution < 1.29 is 9.53 Å². The Morgan fingerprint density at radius 2 is 2.05 bits per heavy atom. The molecule has 110 valence electrons.